The molecule has 2 aromatic heterocycles. The SMILES string of the molecule is c1ccc(-n2c3ccc(C4(c5ccccc5)c5ccccc5-c5ccccc54)cc3c3cc(C4(c5ccc6c(c5)c5cc(C7(c8ccccc8)c8ccccc8-c8ccccc87)ccc5n6-c5ccccc5)c5ccccc5-c5ccccc54)ccc32)cc1. The molecule has 2 heterocycles. The number of nitrogens with zero attached hydrogens (tertiary/aromatic N) is 2. The summed E-state index contributed by atoms with van der Waals surface area (Å²) in [6, 6.07) is 129. The maximum atomic E-state index is 2.57. The molecule has 0 fully saturated rings. The van der Waals surface area contributed by atoms with Gasteiger partial charge in [-0.25, -0.2) is 0 Å². The molecule has 0 amide bonds. The van der Waals surface area contributed by atoms with Crippen LogP contribution in [0.5, 0.6) is 0 Å². The van der Waals surface area contributed by atoms with Crippen molar-refractivity contribution in [3.05, 3.63) is 406 Å². The molecule has 89 heavy (non-hydrogen) atoms. The van der Waals surface area contributed by atoms with Gasteiger partial charge in [0.05, 0.1) is 38.3 Å². The van der Waals surface area contributed by atoms with Crippen LogP contribution >= 0.6 is 0 Å². The predicted molar refractivity (Wildman–Crippen MR) is 367 cm³/mol. The summed E-state index contributed by atoms with van der Waals surface area (Å²) in [6.07, 6.45) is 0. The molecule has 0 unspecified atom stereocenters. The van der Waals surface area contributed by atoms with Crippen molar-refractivity contribution in [2.75, 3.05) is 0 Å². The van der Waals surface area contributed by atoms with Gasteiger partial charge in [0.1, 0.15) is 0 Å². The average Bonchev–Trinajstić information content (AvgIpc) is 1.61. The molecule has 0 saturated heterocycles. The summed E-state index contributed by atoms with van der Waals surface area (Å²) in [7, 11) is 0. The lowest BCUT2D eigenvalue weighted by atomic mass is 9.67. The topological polar surface area (TPSA) is 9.86 Å². The Morgan fingerprint density at radius 3 is 0.618 bits per heavy atom. The molecule has 414 valence electrons. The van der Waals surface area contributed by atoms with Gasteiger partial charge in [0.15, 0.2) is 0 Å². The molecule has 0 aliphatic heterocycles. The van der Waals surface area contributed by atoms with Crippen molar-refractivity contribution >= 4 is 43.6 Å². The third-order valence-electron chi connectivity index (χ3n) is 20.6. The molecule has 14 aromatic carbocycles. The Morgan fingerprint density at radius 2 is 0.371 bits per heavy atom. The Morgan fingerprint density at radius 1 is 0.169 bits per heavy atom. The molecule has 0 saturated carbocycles. The summed E-state index contributed by atoms with van der Waals surface area (Å²) in [5.41, 5.74) is 28.0. The van der Waals surface area contributed by atoms with Gasteiger partial charge < -0.3 is 9.13 Å². The van der Waals surface area contributed by atoms with Gasteiger partial charge in [0, 0.05) is 32.9 Å². The van der Waals surface area contributed by atoms with E-state index in [1.165, 1.54) is 144 Å². The first-order valence-electron chi connectivity index (χ1n) is 31.2. The number of rotatable bonds is 8. The van der Waals surface area contributed by atoms with E-state index < -0.39 is 16.2 Å². The van der Waals surface area contributed by atoms with Crippen molar-refractivity contribution in [2.24, 2.45) is 0 Å². The van der Waals surface area contributed by atoms with E-state index in [0.717, 1.165) is 11.4 Å². The van der Waals surface area contributed by atoms with Crippen LogP contribution in [0.2, 0.25) is 0 Å². The third kappa shape index (κ3) is 6.59. The standard InChI is InChI=1S/C87H56N2/c1-5-25-57(26-6-1)85(75-39-19-13-33-65(75)66-34-14-20-40-76(66)85)59-45-49-81-71(53-59)73-55-61(47-51-83(73)88(81)63-29-9-3-10-30-63)87(79-43-23-17-37-69(79)70-38-18-24-44-80(70)87)62-48-52-84-74(56-62)72-54-60(46-50-82(72)89(84)64-31-11-4-12-32-64)86(58-27-7-2-8-28-58)77-41-21-15-35-67(77)68-36-16-22-42-78(68)86/h1-56H. The lowest BCUT2D eigenvalue weighted by Crippen LogP contribution is -2.28. The van der Waals surface area contributed by atoms with Crippen LogP contribution in [0.3, 0.4) is 0 Å². The number of benzene rings is 14. The Labute approximate surface area is 517 Å². The second-order valence-corrected chi connectivity index (χ2v) is 24.5. The Kier molecular flexibility index (Phi) is 10.6. The molecule has 3 aliphatic rings. The van der Waals surface area contributed by atoms with Crippen LogP contribution in [0, 0.1) is 0 Å². The first kappa shape index (κ1) is 49.9. The van der Waals surface area contributed by atoms with Crippen LogP contribution in [0.4, 0.5) is 0 Å². The molecule has 0 radical (unpaired) electrons. The lowest BCUT2D eigenvalue weighted by Gasteiger charge is -2.34. The molecule has 3 aliphatic carbocycles. The summed E-state index contributed by atoms with van der Waals surface area (Å²) < 4.78 is 4.97. The van der Waals surface area contributed by atoms with E-state index in [1.54, 1.807) is 0 Å². The maximum absolute atomic E-state index is 2.57. The van der Waals surface area contributed by atoms with E-state index in [4.69, 9.17) is 0 Å². The van der Waals surface area contributed by atoms with Crippen molar-refractivity contribution in [2.45, 2.75) is 16.2 Å². The number of aromatic nitrogens is 2. The van der Waals surface area contributed by atoms with Gasteiger partial charge in [-0.1, -0.05) is 267 Å². The molecule has 2 heteroatoms. The Bertz CT molecular complexity index is 5110. The zero-order chi connectivity index (χ0) is 58.4. The van der Waals surface area contributed by atoms with Crippen molar-refractivity contribution < 1.29 is 0 Å². The molecule has 0 N–H and O–H groups in total. The van der Waals surface area contributed by atoms with E-state index in [-0.39, 0.29) is 0 Å². The van der Waals surface area contributed by atoms with Gasteiger partial charge >= 0.3 is 0 Å². The lowest BCUT2D eigenvalue weighted by molar-refractivity contribution is 0.769. The van der Waals surface area contributed by atoms with Gasteiger partial charge in [0.2, 0.25) is 0 Å². The predicted octanol–water partition coefficient (Wildman–Crippen LogP) is 21.0. The quantitative estimate of drug-likeness (QED) is 0.144. The fourth-order valence-electron chi connectivity index (χ4n) is 17.1. The minimum absolute atomic E-state index is 0.564. The van der Waals surface area contributed by atoms with E-state index in [1.807, 2.05) is 0 Å². The van der Waals surface area contributed by atoms with Crippen LogP contribution in [-0.2, 0) is 16.2 Å². The first-order valence-corrected chi connectivity index (χ1v) is 31.2. The summed E-state index contributed by atoms with van der Waals surface area (Å²) in [6.45, 7) is 0. The fraction of sp³-hybridized carbons (Fsp3) is 0.0345. The molecule has 0 bridgehead atoms. The van der Waals surface area contributed by atoms with Crippen LogP contribution in [0.15, 0.2) is 340 Å². The van der Waals surface area contributed by atoms with Crippen LogP contribution < -0.4 is 0 Å². The highest BCUT2D eigenvalue weighted by atomic mass is 15.0. The minimum atomic E-state index is -0.726. The van der Waals surface area contributed by atoms with Crippen molar-refractivity contribution in [1.82, 2.24) is 9.13 Å². The van der Waals surface area contributed by atoms with Gasteiger partial charge in [-0.3, -0.25) is 0 Å². The highest BCUT2D eigenvalue weighted by Gasteiger charge is 2.49. The normalized spacial score (nSPS) is 14.3. The molecule has 2 nitrogen and oxygen atoms in total. The minimum Gasteiger partial charge on any atom is -0.309 e. The van der Waals surface area contributed by atoms with Crippen LogP contribution in [-0.4, -0.2) is 9.13 Å². The first-order chi connectivity index (χ1) is 44.2. The molecule has 19 rings (SSSR count). The van der Waals surface area contributed by atoms with Crippen molar-refractivity contribution in [1.29, 1.82) is 0 Å². The van der Waals surface area contributed by atoms with Gasteiger partial charge in [0.25, 0.3) is 0 Å². The second-order valence-electron chi connectivity index (χ2n) is 24.5. The highest BCUT2D eigenvalue weighted by Crippen LogP contribution is 2.61. The van der Waals surface area contributed by atoms with Crippen LogP contribution in [0.25, 0.3) is 88.4 Å². The van der Waals surface area contributed by atoms with E-state index in [9.17, 15) is 0 Å². The summed E-state index contributed by atoms with van der Waals surface area (Å²) in [4.78, 5) is 0. The molecule has 0 spiro atoms. The average molecular weight is 1130 g/mol. The number of hydrogen-bond donors (Lipinski definition) is 0. The Balaban J connectivity index is 0.909. The number of hydrogen-bond acceptors (Lipinski definition) is 0. The zero-order valence-electron chi connectivity index (χ0n) is 48.7. The van der Waals surface area contributed by atoms with E-state index in [2.05, 4.69) is 349 Å². The number of para-hydroxylation sites is 2. The molecular formula is C87H56N2. The van der Waals surface area contributed by atoms with Crippen molar-refractivity contribution in [3.63, 3.8) is 0 Å². The molecule has 0 atom stereocenters. The van der Waals surface area contributed by atoms with Gasteiger partial charge in [-0.15, -0.1) is 0 Å². The molecule has 16 aromatic rings. The molecular weight excluding hydrogens is 1070 g/mol. The highest BCUT2D eigenvalue weighted by molar-refractivity contribution is 6.12. The summed E-state index contributed by atoms with van der Waals surface area (Å²) >= 11 is 0. The smallest absolute Gasteiger partial charge is 0.0714 e. The van der Waals surface area contributed by atoms with Gasteiger partial charge in [-0.05, 0) is 173 Å². The van der Waals surface area contributed by atoms with Crippen LogP contribution in [0.1, 0.15) is 66.8 Å². The Hall–Kier alpha value is -11.3. The fourth-order valence-corrected chi connectivity index (χ4v) is 17.1. The second kappa shape index (κ2) is 18.8. The van der Waals surface area contributed by atoms with E-state index in [0.29, 0.717) is 0 Å². The maximum Gasteiger partial charge on any atom is 0.0714 e. The van der Waals surface area contributed by atoms with Gasteiger partial charge in [-0.2, -0.15) is 0 Å². The zero-order valence-corrected chi connectivity index (χ0v) is 48.7. The largest absolute Gasteiger partial charge is 0.309 e. The van der Waals surface area contributed by atoms with Crippen molar-refractivity contribution in [3.8, 4) is 44.8 Å². The van der Waals surface area contributed by atoms with E-state index >= 15 is 0 Å². The summed E-state index contributed by atoms with van der Waals surface area (Å²) in [5, 5.41) is 4.85. The third-order valence-corrected chi connectivity index (χ3v) is 20.6. The summed E-state index contributed by atoms with van der Waals surface area (Å²) in [5.74, 6) is 0. The number of fused-ring (bicyclic) bond motifs is 15. The monoisotopic (exact) mass is 1130 g/mol.